The van der Waals surface area contributed by atoms with Crippen LogP contribution in [0.2, 0.25) is 0 Å². The van der Waals surface area contributed by atoms with Gasteiger partial charge in [0.2, 0.25) is 11.8 Å². The van der Waals surface area contributed by atoms with Gasteiger partial charge in [-0.2, -0.15) is 0 Å². The van der Waals surface area contributed by atoms with E-state index in [0.29, 0.717) is 30.6 Å². The zero-order chi connectivity index (χ0) is 17.6. The van der Waals surface area contributed by atoms with E-state index in [4.69, 9.17) is 5.73 Å². The number of nitrogens with one attached hydrogen (secondary N) is 1. The number of nitrogens with two attached hydrogens (primary N) is 1. The highest BCUT2D eigenvalue weighted by molar-refractivity contribution is 5.96. The number of carbonyl (C=O) groups excluding carboxylic acids is 2. The number of nitrogens with zero attached hydrogens (tertiary/aromatic N) is 1. The van der Waals surface area contributed by atoms with Gasteiger partial charge in [0.15, 0.2) is 0 Å². The molecule has 6 heteroatoms. The number of piperidine rings is 1. The van der Waals surface area contributed by atoms with Crippen LogP contribution >= 0.6 is 12.4 Å². The van der Waals surface area contributed by atoms with Crippen LogP contribution in [0.5, 0.6) is 0 Å². The lowest BCUT2D eigenvalue weighted by Crippen LogP contribution is -2.35. The Morgan fingerprint density at radius 1 is 1.12 bits per heavy atom. The highest BCUT2D eigenvalue weighted by atomic mass is 35.5. The molecule has 3 N–H and O–H groups in total. The minimum Gasteiger partial charge on any atom is -0.399 e. The Morgan fingerprint density at radius 3 is 2.69 bits per heavy atom. The van der Waals surface area contributed by atoms with Crippen LogP contribution < -0.4 is 16.0 Å². The Kier molecular flexibility index (Phi) is 7.04. The average Bonchev–Trinajstić information content (AvgIpc) is 2.62. The number of hydrogen-bond donors (Lipinski definition) is 2. The number of carbonyl (C=O) groups is 2. The summed E-state index contributed by atoms with van der Waals surface area (Å²) in [6, 6.07) is 15.0. The Balaban J connectivity index is 0.00000243. The van der Waals surface area contributed by atoms with Gasteiger partial charge in [-0.3, -0.25) is 9.59 Å². The van der Waals surface area contributed by atoms with E-state index in [-0.39, 0.29) is 24.2 Å². The van der Waals surface area contributed by atoms with Gasteiger partial charge in [-0.25, -0.2) is 0 Å². The van der Waals surface area contributed by atoms with Gasteiger partial charge in [-0.1, -0.05) is 24.3 Å². The third-order valence-corrected chi connectivity index (χ3v) is 4.44. The molecule has 2 aromatic rings. The molecule has 0 aliphatic carbocycles. The average molecular weight is 374 g/mol. The van der Waals surface area contributed by atoms with Crippen LogP contribution in [0.1, 0.15) is 31.2 Å². The summed E-state index contributed by atoms with van der Waals surface area (Å²) in [6.07, 6.45) is 3.52. The van der Waals surface area contributed by atoms with Crippen LogP contribution in [-0.2, 0) is 16.0 Å². The molecule has 0 bridgehead atoms. The van der Waals surface area contributed by atoms with Crippen molar-refractivity contribution in [1.29, 1.82) is 0 Å². The maximum Gasteiger partial charge on any atom is 0.226 e. The lowest BCUT2D eigenvalue weighted by Gasteiger charge is -2.27. The van der Waals surface area contributed by atoms with E-state index in [1.165, 1.54) is 0 Å². The predicted molar refractivity (Wildman–Crippen MR) is 108 cm³/mol. The number of benzene rings is 2. The zero-order valence-corrected chi connectivity index (χ0v) is 15.4. The zero-order valence-electron chi connectivity index (χ0n) is 14.6. The summed E-state index contributed by atoms with van der Waals surface area (Å²) in [5.41, 5.74) is 9.14. The van der Waals surface area contributed by atoms with E-state index < -0.39 is 0 Å². The fourth-order valence-corrected chi connectivity index (χ4v) is 3.06. The van der Waals surface area contributed by atoms with E-state index in [1.807, 2.05) is 48.5 Å². The maximum atomic E-state index is 12.2. The van der Waals surface area contributed by atoms with Crippen molar-refractivity contribution in [2.45, 2.75) is 32.1 Å². The van der Waals surface area contributed by atoms with Crippen molar-refractivity contribution in [2.24, 2.45) is 0 Å². The summed E-state index contributed by atoms with van der Waals surface area (Å²) in [5, 5.41) is 2.91. The highest BCUT2D eigenvalue weighted by Crippen LogP contribution is 2.24. The predicted octanol–water partition coefficient (Wildman–Crippen LogP) is 3.78. The van der Waals surface area contributed by atoms with E-state index in [2.05, 4.69) is 5.32 Å². The van der Waals surface area contributed by atoms with Gasteiger partial charge in [0, 0.05) is 36.4 Å². The molecule has 0 radical (unpaired) electrons. The summed E-state index contributed by atoms with van der Waals surface area (Å²) in [5.74, 6) is 0.0830. The van der Waals surface area contributed by atoms with Crippen LogP contribution in [0.3, 0.4) is 0 Å². The Morgan fingerprint density at radius 2 is 1.92 bits per heavy atom. The second kappa shape index (κ2) is 9.25. The molecular formula is C20H24ClN3O2. The SMILES string of the molecule is Cl.Nc1ccccc1CCC(=O)Nc1cccc(N2CCCCC2=O)c1. The number of aryl methyl sites for hydroxylation is 1. The smallest absolute Gasteiger partial charge is 0.226 e. The van der Waals surface area contributed by atoms with Gasteiger partial charge in [0.25, 0.3) is 0 Å². The molecular weight excluding hydrogens is 350 g/mol. The van der Waals surface area contributed by atoms with Crippen LogP contribution in [0, 0.1) is 0 Å². The van der Waals surface area contributed by atoms with Crippen molar-refractivity contribution in [3.05, 3.63) is 54.1 Å². The lowest BCUT2D eigenvalue weighted by atomic mass is 10.1. The molecule has 0 aromatic heterocycles. The molecule has 3 rings (SSSR count). The first-order chi connectivity index (χ1) is 12.1. The molecule has 2 amide bonds. The third-order valence-electron chi connectivity index (χ3n) is 4.44. The van der Waals surface area contributed by atoms with Crippen LogP contribution in [0.15, 0.2) is 48.5 Å². The molecule has 2 aromatic carbocycles. The molecule has 0 spiro atoms. The van der Waals surface area contributed by atoms with Gasteiger partial charge in [-0.05, 0) is 49.1 Å². The van der Waals surface area contributed by atoms with Gasteiger partial charge in [0.1, 0.15) is 0 Å². The topological polar surface area (TPSA) is 75.4 Å². The molecule has 0 atom stereocenters. The summed E-state index contributed by atoms with van der Waals surface area (Å²) >= 11 is 0. The van der Waals surface area contributed by atoms with Crippen LogP contribution in [0.4, 0.5) is 17.1 Å². The number of rotatable bonds is 5. The molecule has 5 nitrogen and oxygen atoms in total. The summed E-state index contributed by atoms with van der Waals surface area (Å²) in [4.78, 5) is 26.1. The minimum atomic E-state index is -0.0645. The number of anilines is 3. The first-order valence-electron chi connectivity index (χ1n) is 8.67. The van der Waals surface area contributed by atoms with Crippen molar-refractivity contribution >= 4 is 41.3 Å². The molecule has 138 valence electrons. The highest BCUT2D eigenvalue weighted by Gasteiger charge is 2.19. The first kappa shape index (κ1) is 19.8. The van der Waals surface area contributed by atoms with E-state index in [0.717, 1.165) is 30.6 Å². The fraction of sp³-hybridized carbons (Fsp3) is 0.300. The minimum absolute atomic E-state index is 0. The second-order valence-corrected chi connectivity index (χ2v) is 6.30. The maximum absolute atomic E-state index is 12.2. The van der Waals surface area contributed by atoms with Crippen LogP contribution in [0.25, 0.3) is 0 Å². The van der Waals surface area contributed by atoms with Crippen molar-refractivity contribution in [3.63, 3.8) is 0 Å². The fourth-order valence-electron chi connectivity index (χ4n) is 3.06. The summed E-state index contributed by atoms with van der Waals surface area (Å²) in [6.45, 7) is 0.740. The summed E-state index contributed by atoms with van der Waals surface area (Å²) in [7, 11) is 0. The number of para-hydroxylation sites is 1. The molecule has 0 unspecified atom stereocenters. The van der Waals surface area contributed by atoms with Gasteiger partial charge < -0.3 is 16.0 Å². The van der Waals surface area contributed by atoms with Gasteiger partial charge in [0.05, 0.1) is 0 Å². The number of amides is 2. The first-order valence-corrected chi connectivity index (χ1v) is 8.67. The van der Waals surface area contributed by atoms with Gasteiger partial charge >= 0.3 is 0 Å². The van der Waals surface area contributed by atoms with Crippen molar-refractivity contribution in [3.8, 4) is 0 Å². The molecule has 1 fully saturated rings. The molecule has 0 saturated carbocycles. The molecule has 1 saturated heterocycles. The Bertz CT molecular complexity index is 779. The third kappa shape index (κ3) is 4.99. The lowest BCUT2D eigenvalue weighted by molar-refractivity contribution is -0.119. The van der Waals surface area contributed by atoms with Crippen molar-refractivity contribution in [1.82, 2.24) is 0 Å². The quantitative estimate of drug-likeness (QED) is 0.783. The van der Waals surface area contributed by atoms with Crippen molar-refractivity contribution < 1.29 is 9.59 Å². The van der Waals surface area contributed by atoms with Crippen LogP contribution in [-0.4, -0.2) is 18.4 Å². The second-order valence-electron chi connectivity index (χ2n) is 6.30. The van der Waals surface area contributed by atoms with E-state index in [9.17, 15) is 9.59 Å². The molecule has 1 aliphatic rings. The summed E-state index contributed by atoms with van der Waals surface area (Å²) < 4.78 is 0. The normalized spacial score (nSPS) is 13.8. The monoisotopic (exact) mass is 373 g/mol. The molecule has 26 heavy (non-hydrogen) atoms. The standard InChI is InChI=1S/C20H23N3O2.ClH/c21-18-9-2-1-6-15(18)11-12-19(24)22-16-7-5-8-17(14-16)23-13-4-3-10-20(23)25;/h1-2,5-9,14H,3-4,10-13,21H2,(H,22,24);1H. The number of nitrogen functional groups attached to an aromatic ring is 1. The number of hydrogen-bond acceptors (Lipinski definition) is 3. The van der Waals surface area contributed by atoms with Gasteiger partial charge in [-0.15, -0.1) is 12.4 Å². The largest absolute Gasteiger partial charge is 0.399 e. The van der Waals surface area contributed by atoms with E-state index >= 15 is 0 Å². The molecule has 1 aliphatic heterocycles. The Labute approximate surface area is 160 Å². The van der Waals surface area contributed by atoms with E-state index in [1.54, 1.807) is 4.90 Å². The van der Waals surface area contributed by atoms with Crippen molar-refractivity contribution in [2.75, 3.05) is 22.5 Å². The number of halogens is 1. The Hall–Kier alpha value is -2.53. The molecule has 1 heterocycles.